The summed E-state index contributed by atoms with van der Waals surface area (Å²) in [5, 5.41) is 32.7. The van der Waals surface area contributed by atoms with Crippen LogP contribution in [0.1, 0.15) is 74.2 Å². The number of aliphatic hydroxyl groups excluding tert-OH is 2. The maximum Gasteiger partial charge on any atom is 0.121 e. The molecule has 8 heteroatoms. The Hall–Kier alpha value is -1.81. The van der Waals surface area contributed by atoms with Crippen molar-refractivity contribution in [2.45, 2.75) is 80.8 Å². The predicted octanol–water partition coefficient (Wildman–Crippen LogP) is 4.35. The van der Waals surface area contributed by atoms with Gasteiger partial charge in [-0.15, -0.1) is 0 Å². The Morgan fingerprint density at radius 3 is 2.57 bits per heavy atom. The monoisotopic (exact) mass is 533 g/mol. The summed E-state index contributed by atoms with van der Waals surface area (Å²) in [4.78, 5) is 0.921. The minimum absolute atomic E-state index is 0.0397. The summed E-state index contributed by atoms with van der Waals surface area (Å²) >= 11 is 0. The first kappa shape index (κ1) is 29.7. The lowest BCUT2D eigenvalue weighted by atomic mass is 10.1. The maximum atomic E-state index is 12.7. The second-order valence-corrected chi connectivity index (χ2v) is 11.4. The molecule has 0 amide bonds. The molecule has 7 nitrogen and oxygen atoms in total. The van der Waals surface area contributed by atoms with E-state index >= 15 is 0 Å². The molecule has 37 heavy (non-hydrogen) atoms. The Kier molecular flexibility index (Phi) is 13.6. The highest BCUT2D eigenvalue weighted by Gasteiger charge is 2.22. The van der Waals surface area contributed by atoms with Crippen LogP contribution in [0, 0.1) is 0 Å². The minimum Gasteiger partial charge on any atom is -0.508 e. The number of benzene rings is 2. The van der Waals surface area contributed by atoms with Gasteiger partial charge in [-0.05, 0) is 67.6 Å². The number of aliphatic hydroxyl groups is 2. The van der Waals surface area contributed by atoms with E-state index in [1.54, 1.807) is 12.1 Å². The van der Waals surface area contributed by atoms with E-state index in [0.29, 0.717) is 42.7 Å². The fourth-order valence-electron chi connectivity index (χ4n) is 4.57. The van der Waals surface area contributed by atoms with Gasteiger partial charge < -0.3 is 30.1 Å². The van der Waals surface area contributed by atoms with Crippen molar-refractivity contribution in [3.8, 4) is 5.75 Å². The number of hydrogen-bond acceptors (Lipinski definition) is 7. The van der Waals surface area contributed by atoms with E-state index < -0.39 is 16.9 Å². The zero-order valence-electron chi connectivity index (χ0n) is 21.8. The van der Waals surface area contributed by atoms with E-state index in [4.69, 9.17) is 9.47 Å². The third-order valence-corrected chi connectivity index (χ3v) is 8.56. The fourth-order valence-corrected chi connectivity index (χ4v) is 6.20. The van der Waals surface area contributed by atoms with Crippen molar-refractivity contribution >= 4 is 10.8 Å². The van der Waals surface area contributed by atoms with Crippen molar-refractivity contribution in [3.63, 3.8) is 0 Å². The first-order valence-electron chi connectivity index (χ1n) is 13.5. The van der Waals surface area contributed by atoms with E-state index in [0.717, 1.165) is 62.1 Å². The number of ether oxygens (including phenoxy) is 2. The molecule has 0 bridgehead atoms. The lowest BCUT2D eigenvalue weighted by Crippen LogP contribution is -2.22. The summed E-state index contributed by atoms with van der Waals surface area (Å²) in [5.74, 6) is 0.0397. The number of rotatable bonds is 18. The van der Waals surface area contributed by atoms with Gasteiger partial charge in [-0.2, -0.15) is 0 Å². The molecule has 0 aliphatic heterocycles. The van der Waals surface area contributed by atoms with Crippen LogP contribution in [0.15, 0.2) is 47.4 Å². The van der Waals surface area contributed by atoms with Crippen LogP contribution in [-0.2, 0) is 33.5 Å². The predicted molar refractivity (Wildman–Crippen MR) is 146 cm³/mol. The molecule has 3 rings (SSSR count). The quantitative estimate of drug-likeness (QED) is 0.211. The number of aromatic hydroxyl groups is 1. The molecule has 0 saturated heterocycles. The zero-order valence-corrected chi connectivity index (χ0v) is 22.6. The summed E-state index contributed by atoms with van der Waals surface area (Å²) < 4.78 is 24.1. The molecule has 0 aromatic heterocycles. The van der Waals surface area contributed by atoms with Crippen LogP contribution in [0.4, 0.5) is 0 Å². The lowest BCUT2D eigenvalue weighted by molar-refractivity contribution is 0.0392. The van der Waals surface area contributed by atoms with Crippen LogP contribution in [0.5, 0.6) is 5.75 Å². The Morgan fingerprint density at radius 2 is 1.76 bits per heavy atom. The molecule has 1 saturated carbocycles. The normalized spacial score (nSPS) is 15.7. The third-order valence-electron chi connectivity index (χ3n) is 6.77. The molecule has 0 heterocycles. The SMILES string of the molecule is O=S(c1cccc(COCCOCCCCCCNC[C@H](O)c2ccc(O)c(CO)c2)c1)C1CCCC1. The average Bonchev–Trinajstić information content (AvgIpc) is 3.46. The van der Waals surface area contributed by atoms with E-state index in [-0.39, 0.29) is 12.4 Å². The van der Waals surface area contributed by atoms with Crippen molar-refractivity contribution < 1.29 is 29.0 Å². The Balaban J connectivity index is 1.14. The topological polar surface area (TPSA) is 108 Å². The third kappa shape index (κ3) is 10.5. The Morgan fingerprint density at radius 1 is 0.973 bits per heavy atom. The molecule has 2 aromatic carbocycles. The second-order valence-electron chi connectivity index (χ2n) is 9.70. The van der Waals surface area contributed by atoms with E-state index in [1.165, 1.54) is 18.9 Å². The van der Waals surface area contributed by atoms with Crippen LogP contribution >= 0.6 is 0 Å². The molecular weight excluding hydrogens is 490 g/mol. The van der Waals surface area contributed by atoms with Gasteiger partial charge in [-0.3, -0.25) is 4.21 Å². The first-order chi connectivity index (χ1) is 18.1. The van der Waals surface area contributed by atoms with Crippen molar-refractivity contribution in [1.82, 2.24) is 5.32 Å². The standard InChI is InChI=1S/C29H43NO6S/c31-21-25-19-24(12-13-28(25)32)29(33)20-30-14-5-1-2-6-15-35-16-17-36-22-23-8-7-11-27(18-23)37(34)26-9-3-4-10-26/h7-8,11-13,18-19,26,29-33H,1-6,9-10,14-17,20-22H2/t29-,37?/m0/s1. The van der Waals surface area contributed by atoms with Gasteiger partial charge >= 0.3 is 0 Å². The number of unbranched alkanes of at least 4 members (excludes halogenated alkanes) is 3. The highest BCUT2D eigenvalue weighted by Crippen LogP contribution is 2.27. The zero-order chi connectivity index (χ0) is 26.3. The smallest absolute Gasteiger partial charge is 0.121 e. The van der Waals surface area contributed by atoms with Crippen molar-refractivity contribution in [3.05, 3.63) is 59.2 Å². The molecule has 0 radical (unpaired) electrons. The fraction of sp³-hybridized carbons (Fsp3) is 0.586. The molecule has 2 aromatic rings. The molecular formula is C29H43NO6S. The van der Waals surface area contributed by atoms with Crippen LogP contribution in [0.3, 0.4) is 0 Å². The first-order valence-corrected chi connectivity index (χ1v) is 14.8. The van der Waals surface area contributed by atoms with E-state index in [9.17, 15) is 19.5 Å². The highest BCUT2D eigenvalue weighted by atomic mass is 32.2. The molecule has 4 N–H and O–H groups in total. The van der Waals surface area contributed by atoms with Crippen molar-refractivity contribution in [1.29, 1.82) is 0 Å². The van der Waals surface area contributed by atoms with Gasteiger partial charge in [0.2, 0.25) is 0 Å². The van der Waals surface area contributed by atoms with Crippen LogP contribution in [0.2, 0.25) is 0 Å². The Bertz CT molecular complexity index is 950. The molecule has 1 aliphatic carbocycles. The number of hydrogen-bond donors (Lipinski definition) is 4. The molecule has 0 spiro atoms. The summed E-state index contributed by atoms with van der Waals surface area (Å²) in [7, 11) is -0.909. The molecule has 1 unspecified atom stereocenters. The summed E-state index contributed by atoms with van der Waals surface area (Å²) in [5.41, 5.74) is 2.16. The Labute approximate surface area is 223 Å². The largest absolute Gasteiger partial charge is 0.508 e. The second kappa shape index (κ2) is 16.9. The van der Waals surface area contributed by atoms with Gasteiger partial charge in [0, 0.05) is 28.9 Å². The molecule has 1 fully saturated rings. The molecule has 1 aliphatic rings. The van der Waals surface area contributed by atoms with Gasteiger partial charge in [0.15, 0.2) is 0 Å². The maximum absolute atomic E-state index is 12.7. The minimum atomic E-state index is -0.909. The van der Waals surface area contributed by atoms with Crippen LogP contribution in [-0.4, -0.2) is 57.7 Å². The summed E-state index contributed by atoms with van der Waals surface area (Å²) in [6.07, 6.45) is 8.07. The average molecular weight is 534 g/mol. The van der Waals surface area contributed by atoms with Crippen LogP contribution < -0.4 is 5.32 Å². The van der Waals surface area contributed by atoms with Crippen LogP contribution in [0.25, 0.3) is 0 Å². The number of nitrogens with one attached hydrogen (secondary N) is 1. The number of phenols is 1. The van der Waals surface area contributed by atoms with Crippen molar-refractivity contribution in [2.75, 3.05) is 32.9 Å². The van der Waals surface area contributed by atoms with Gasteiger partial charge in [0.05, 0.1) is 43.3 Å². The van der Waals surface area contributed by atoms with E-state index in [1.807, 2.05) is 24.3 Å². The van der Waals surface area contributed by atoms with Gasteiger partial charge in [0.25, 0.3) is 0 Å². The van der Waals surface area contributed by atoms with Crippen molar-refractivity contribution in [2.24, 2.45) is 0 Å². The summed E-state index contributed by atoms with van der Waals surface area (Å²) in [6.45, 7) is 3.35. The van der Waals surface area contributed by atoms with E-state index in [2.05, 4.69) is 5.32 Å². The lowest BCUT2D eigenvalue weighted by Gasteiger charge is -2.14. The molecule has 2 atom stereocenters. The van der Waals surface area contributed by atoms with Gasteiger partial charge in [-0.25, -0.2) is 0 Å². The molecule has 206 valence electrons. The summed E-state index contributed by atoms with van der Waals surface area (Å²) in [6, 6.07) is 12.8. The van der Waals surface area contributed by atoms with Gasteiger partial charge in [-0.1, -0.05) is 43.9 Å². The highest BCUT2D eigenvalue weighted by molar-refractivity contribution is 7.85. The van der Waals surface area contributed by atoms with Gasteiger partial charge in [0.1, 0.15) is 5.75 Å².